The lowest BCUT2D eigenvalue weighted by molar-refractivity contribution is -0.359. The Morgan fingerprint density at radius 1 is 0.393 bits per heavy atom. The smallest absolute Gasteiger partial charge is 0.220 e. The van der Waals surface area contributed by atoms with Crippen molar-refractivity contribution in [2.24, 2.45) is 0 Å². The van der Waals surface area contributed by atoms with Gasteiger partial charge in [-0.25, -0.2) is 0 Å². The zero-order valence-corrected chi connectivity index (χ0v) is 57.2. The van der Waals surface area contributed by atoms with Crippen LogP contribution in [0.15, 0.2) is 36.5 Å². The number of hydrogen-bond donors (Lipinski definition) is 9. The van der Waals surface area contributed by atoms with Crippen LogP contribution in [0.25, 0.3) is 0 Å². The Hall–Kier alpha value is -1.79. The minimum absolute atomic E-state index is 0.247. The van der Waals surface area contributed by atoms with Crippen LogP contribution in [0, 0.1) is 0 Å². The van der Waals surface area contributed by atoms with E-state index in [1.54, 1.807) is 6.08 Å². The molecule has 0 radical (unpaired) electrons. The molecule has 14 heteroatoms. The van der Waals surface area contributed by atoms with Gasteiger partial charge >= 0.3 is 0 Å². The first-order valence-corrected chi connectivity index (χ1v) is 37.7. The summed E-state index contributed by atoms with van der Waals surface area (Å²) in [7, 11) is 0. The number of aliphatic hydroxyl groups is 8. The monoisotopic (exact) mass is 1260 g/mol. The summed E-state index contributed by atoms with van der Waals surface area (Å²) in [6.45, 7) is 2.82. The minimum Gasteiger partial charge on any atom is -0.394 e. The summed E-state index contributed by atoms with van der Waals surface area (Å²) in [4.78, 5) is 13.3. The third-order valence-electron chi connectivity index (χ3n) is 18.6. The number of hydrogen-bond acceptors (Lipinski definition) is 13. The fourth-order valence-corrected chi connectivity index (χ4v) is 12.6. The van der Waals surface area contributed by atoms with Gasteiger partial charge < -0.3 is 65.1 Å². The zero-order valence-electron chi connectivity index (χ0n) is 57.2. The molecule has 524 valence electrons. The van der Waals surface area contributed by atoms with Gasteiger partial charge in [0.2, 0.25) is 5.91 Å². The van der Waals surface area contributed by atoms with Gasteiger partial charge in [0.15, 0.2) is 12.6 Å². The van der Waals surface area contributed by atoms with E-state index in [4.69, 9.17) is 18.9 Å². The van der Waals surface area contributed by atoms with E-state index in [-0.39, 0.29) is 18.9 Å². The first-order chi connectivity index (χ1) is 43.6. The Balaban J connectivity index is 1.60. The van der Waals surface area contributed by atoms with Crippen LogP contribution in [-0.2, 0) is 23.7 Å². The van der Waals surface area contributed by atoms with Crippen LogP contribution in [0.3, 0.4) is 0 Å². The standard InChI is InChI=1S/C75H141NO13/c1-3-5-7-9-11-13-15-17-19-21-23-24-25-26-27-28-29-30-31-32-33-34-35-36-37-38-39-41-43-45-47-49-51-53-55-57-59-67(80)76-63(64(79)58-56-54-52-50-48-46-44-42-40-22-20-18-16-14-12-10-8-6-4-2)62-86-74-72(85)70(83)73(66(61-78)88-74)89-75-71(84)69(82)68(81)65(60-77)87-75/h40,42,48,50,56,58,63-66,68-75,77-79,81-85H,3-39,41,43-47,49,51-55,57,59-62H2,1-2H3,(H,76,80)/b42-40+,50-48+,58-56+. The van der Waals surface area contributed by atoms with Gasteiger partial charge in [-0.05, 0) is 44.9 Å². The van der Waals surface area contributed by atoms with E-state index >= 15 is 0 Å². The molecular weight excluding hydrogens is 1120 g/mol. The van der Waals surface area contributed by atoms with Crippen LogP contribution in [0.5, 0.6) is 0 Å². The van der Waals surface area contributed by atoms with Gasteiger partial charge in [0.25, 0.3) is 0 Å². The fourth-order valence-electron chi connectivity index (χ4n) is 12.6. The second-order valence-corrected chi connectivity index (χ2v) is 26.8. The number of ether oxygens (including phenoxy) is 4. The molecule has 9 N–H and O–H groups in total. The molecular formula is C75H141NO13. The lowest BCUT2D eigenvalue weighted by Gasteiger charge is -2.46. The van der Waals surface area contributed by atoms with Crippen molar-refractivity contribution in [3.8, 4) is 0 Å². The summed E-state index contributed by atoms with van der Waals surface area (Å²) in [5, 5.41) is 87.4. The molecule has 2 saturated heterocycles. The molecule has 2 fully saturated rings. The Morgan fingerprint density at radius 2 is 0.719 bits per heavy atom. The number of unbranched alkanes of at least 4 members (excludes halogenated alkanes) is 46. The van der Waals surface area contributed by atoms with E-state index < -0.39 is 86.8 Å². The number of amides is 1. The molecule has 2 aliphatic heterocycles. The summed E-state index contributed by atoms with van der Waals surface area (Å²) in [5.41, 5.74) is 0. The molecule has 1 amide bonds. The van der Waals surface area contributed by atoms with Crippen LogP contribution in [0.2, 0.25) is 0 Å². The molecule has 0 spiro atoms. The molecule has 0 bridgehead atoms. The number of allylic oxidation sites excluding steroid dienone is 5. The van der Waals surface area contributed by atoms with Crippen molar-refractivity contribution in [3.63, 3.8) is 0 Å². The summed E-state index contributed by atoms with van der Waals surface area (Å²) in [5.74, 6) is -0.247. The molecule has 0 aliphatic carbocycles. The number of aliphatic hydroxyl groups excluding tert-OH is 8. The van der Waals surface area contributed by atoms with Gasteiger partial charge in [0, 0.05) is 6.42 Å². The van der Waals surface area contributed by atoms with Crippen molar-refractivity contribution in [1.82, 2.24) is 5.32 Å². The molecule has 2 heterocycles. The van der Waals surface area contributed by atoms with Crippen LogP contribution >= 0.6 is 0 Å². The van der Waals surface area contributed by atoms with Gasteiger partial charge in [-0.3, -0.25) is 4.79 Å². The van der Waals surface area contributed by atoms with Gasteiger partial charge in [0.1, 0.15) is 48.8 Å². The molecule has 0 aromatic carbocycles. The van der Waals surface area contributed by atoms with Gasteiger partial charge in [-0.15, -0.1) is 0 Å². The van der Waals surface area contributed by atoms with Crippen molar-refractivity contribution in [3.05, 3.63) is 36.5 Å². The van der Waals surface area contributed by atoms with E-state index in [0.717, 1.165) is 44.9 Å². The lowest BCUT2D eigenvalue weighted by Crippen LogP contribution is -2.65. The second kappa shape index (κ2) is 59.9. The normalized spacial score (nSPS) is 23.2. The number of carbonyl (C=O) groups is 1. The van der Waals surface area contributed by atoms with Gasteiger partial charge in [0.05, 0.1) is 32.0 Å². The highest BCUT2D eigenvalue weighted by atomic mass is 16.7. The number of carbonyl (C=O) groups excluding carboxylic acids is 1. The SMILES string of the molecule is CCCCCCCCCCC/C=C/CC/C=C/CC/C=C/C(O)C(COC1OC(CO)C(OC2OC(CO)C(O)C(O)C2O)C(O)C1O)NC(=O)CCCCCCCCCCCCCCCCCCCCCCCCCCCCCCCCCCCCCC. The lowest BCUT2D eigenvalue weighted by atomic mass is 9.97. The largest absolute Gasteiger partial charge is 0.394 e. The highest BCUT2D eigenvalue weighted by Gasteiger charge is 2.51. The molecule has 0 aromatic heterocycles. The third-order valence-corrected chi connectivity index (χ3v) is 18.6. The maximum Gasteiger partial charge on any atom is 0.220 e. The van der Waals surface area contributed by atoms with E-state index in [9.17, 15) is 45.6 Å². The molecule has 14 nitrogen and oxygen atoms in total. The van der Waals surface area contributed by atoms with Crippen LogP contribution < -0.4 is 5.32 Å². The first-order valence-electron chi connectivity index (χ1n) is 37.7. The predicted molar refractivity (Wildman–Crippen MR) is 365 cm³/mol. The van der Waals surface area contributed by atoms with Crippen LogP contribution in [0.1, 0.15) is 341 Å². The van der Waals surface area contributed by atoms with Crippen molar-refractivity contribution in [2.45, 2.75) is 415 Å². The Kier molecular flexibility index (Phi) is 56.1. The van der Waals surface area contributed by atoms with Crippen LogP contribution in [0.4, 0.5) is 0 Å². The minimum atomic E-state index is -1.79. The van der Waals surface area contributed by atoms with Gasteiger partial charge in [-0.1, -0.05) is 326 Å². The van der Waals surface area contributed by atoms with Crippen LogP contribution in [-0.4, -0.2) is 140 Å². The molecule has 12 unspecified atom stereocenters. The maximum absolute atomic E-state index is 13.3. The van der Waals surface area contributed by atoms with Crippen molar-refractivity contribution in [2.75, 3.05) is 19.8 Å². The van der Waals surface area contributed by atoms with E-state index in [1.165, 1.54) is 263 Å². The van der Waals surface area contributed by atoms with E-state index in [0.29, 0.717) is 12.8 Å². The first kappa shape index (κ1) is 83.3. The summed E-state index contributed by atoms with van der Waals surface area (Å²) >= 11 is 0. The van der Waals surface area contributed by atoms with Crippen molar-refractivity contribution in [1.29, 1.82) is 0 Å². The average molecular weight is 1260 g/mol. The van der Waals surface area contributed by atoms with Crippen molar-refractivity contribution < 1.29 is 64.6 Å². The molecule has 89 heavy (non-hydrogen) atoms. The average Bonchev–Trinajstić information content (AvgIpc) is 1.39. The highest BCUT2D eigenvalue weighted by Crippen LogP contribution is 2.30. The fraction of sp³-hybridized carbons (Fsp3) is 0.907. The van der Waals surface area contributed by atoms with E-state index in [2.05, 4.69) is 43.5 Å². The Labute approximate surface area is 544 Å². The van der Waals surface area contributed by atoms with Gasteiger partial charge in [-0.2, -0.15) is 0 Å². The Morgan fingerprint density at radius 3 is 1.10 bits per heavy atom. The molecule has 12 atom stereocenters. The maximum atomic E-state index is 13.3. The zero-order chi connectivity index (χ0) is 64.5. The quantitative estimate of drug-likeness (QED) is 0.0204. The number of nitrogens with one attached hydrogen (secondary N) is 1. The summed E-state index contributed by atoms with van der Waals surface area (Å²) < 4.78 is 22.8. The summed E-state index contributed by atoms with van der Waals surface area (Å²) in [6, 6.07) is -0.937. The summed E-state index contributed by atoms with van der Waals surface area (Å²) in [6.07, 6.45) is 60.9. The molecule has 0 aromatic rings. The second-order valence-electron chi connectivity index (χ2n) is 26.8. The van der Waals surface area contributed by atoms with Crippen molar-refractivity contribution >= 4 is 5.91 Å². The molecule has 2 rings (SSSR count). The molecule has 2 aliphatic rings. The predicted octanol–water partition coefficient (Wildman–Crippen LogP) is 16.1. The third kappa shape index (κ3) is 43.7. The topological polar surface area (TPSA) is 228 Å². The molecule has 0 saturated carbocycles. The Bertz CT molecular complexity index is 1630. The van der Waals surface area contributed by atoms with E-state index in [1.807, 2.05) is 6.08 Å². The highest BCUT2D eigenvalue weighted by molar-refractivity contribution is 5.76. The number of rotatable bonds is 63.